The molecule has 0 N–H and O–H groups in total. The molecule has 0 saturated carbocycles. The van der Waals surface area contributed by atoms with Crippen LogP contribution < -0.4 is 0 Å². The molecular weight excluding hydrogens is 680 g/mol. The SMILES string of the molecule is CCCCCCCCC=CCCCCCCCCP(CCCCCCCCC=CCCCCCCCC)CCCCCCCCC=CCCCCCCCC. The summed E-state index contributed by atoms with van der Waals surface area (Å²) in [6, 6.07) is 0. The highest BCUT2D eigenvalue weighted by Crippen LogP contribution is 2.39. The predicted molar refractivity (Wildman–Crippen MR) is 260 cm³/mol. The number of unbranched alkanes of at least 4 members (excludes halogenated alkanes) is 36. The summed E-state index contributed by atoms with van der Waals surface area (Å²) >= 11 is 0. The van der Waals surface area contributed by atoms with Gasteiger partial charge in [0.25, 0.3) is 0 Å². The molecule has 0 bridgehead atoms. The molecule has 55 heavy (non-hydrogen) atoms. The Kier molecular flexibility index (Phi) is 51.3. The molecule has 0 aromatic rings. The normalized spacial score (nSPS) is 12.7. The molecule has 0 aromatic carbocycles. The van der Waals surface area contributed by atoms with Crippen LogP contribution in [0.25, 0.3) is 0 Å². The van der Waals surface area contributed by atoms with E-state index in [9.17, 15) is 0 Å². The summed E-state index contributed by atoms with van der Waals surface area (Å²) in [5.74, 6) is 0. The van der Waals surface area contributed by atoms with E-state index >= 15 is 0 Å². The fourth-order valence-electron chi connectivity index (χ4n) is 8.08. The molecule has 0 rings (SSSR count). The molecule has 0 saturated heterocycles. The molecule has 0 nitrogen and oxygen atoms in total. The summed E-state index contributed by atoms with van der Waals surface area (Å²) in [5, 5.41) is 0. The Bertz CT molecular complexity index is 648. The molecule has 0 aliphatic carbocycles. The van der Waals surface area contributed by atoms with E-state index in [2.05, 4.69) is 57.2 Å². The van der Waals surface area contributed by atoms with Crippen molar-refractivity contribution in [3.63, 3.8) is 0 Å². The third-order valence-electron chi connectivity index (χ3n) is 12.0. The highest BCUT2D eigenvalue weighted by molar-refractivity contribution is 7.57. The molecule has 326 valence electrons. The maximum atomic E-state index is 2.48. The summed E-state index contributed by atoms with van der Waals surface area (Å²) in [6.45, 7) is 6.92. The molecule has 0 aliphatic heterocycles. The quantitative estimate of drug-likeness (QED) is 0.0327. The van der Waals surface area contributed by atoms with Gasteiger partial charge < -0.3 is 0 Å². The first-order valence-electron chi connectivity index (χ1n) is 26.0. The van der Waals surface area contributed by atoms with Crippen molar-refractivity contribution in [3.8, 4) is 0 Å². The summed E-state index contributed by atoms with van der Waals surface area (Å²) in [7, 11) is 0.284. The van der Waals surface area contributed by atoms with Crippen molar-refractivity contribution in [2.75, 3.05) is 18.5 Å². The van der Waals surface area contributed by atoms with Crippen LogP contribution in [0.4, 0.5) is 0 Å². The van der Waals surface area contributed by atoms with Crippen LogP contribution in [-0.2, 0) is 0 Å². The summed E-state index contributed by atoms with van der Waals surface area (Å²) in [6.07, 6.45) is 79.4. The van der Waals surface area contributed by atoms with Crippen LogP contribution in [0.2, 0.25) is 0 Å². The van der Waals surface area contributed by atoms with Crippen LogP contribution in [0.1, 0.15) is 290 Å². The van der Waals surface area contributed by atoms with Gasteiger partial charge in [-0.25, -0.2) is 0 Å². The van der Waals surface area contributed by atoms with Gasteiger partial charge in [0.15, 0.2) is 0 Å². The molecule has 0 radical (unpaired) electrons. The van der Waals surface area contributed by atoms with Crippen LogP contribution >= 0.6 is 7.92 Å². The van der Waals surface area contributed by atoms with Crippen molar-refractivity contribution in [1.82, 2.24) is 0 Å². The van der Waals surface area contributed by atoms with Crippen LogP contribution in [0.3, 0.4) is 0 Å². The van der Waals surface area contributed by atoms with Gasteiger partial charge >= 0.3 is 0 Å². The molecule has 0 aliphatic rings. The first kappa shape index (κ1) is 54.6. The Morgan fingerprint density at radius 2 is 0.364 bits per heavy atom. The topological polar surface area (TPSA) is 0 Å². The van der Waals surface area contributed by atoms with Gasteiger partial charge in [-0.1, -0.05) is 231 Å². The van der Waals surface area contributed by atoms with Gasteiger partial charge in [0.1, 0.15) is 0 Å². The van der Waals surface area contributed by atoms with E-state index in [4.69, 9.17) is 0 Å². The molecule has 0 atom stereocenters. The first-order chi connectivity index (χ1) is 27.3. The van der Waals surface area contributed by atoms with Crippen molar-refractivity contribution in [3.05, 3.63) is 36.5 Å². The zero-order chi connectivity index (χ0) is 39.6. The molecule has 0 heterocycles. The second kappa shape index (κ2) is 51.7. The number of allylic oxidation sites excluding steroid dienone is 6. The van der Waals surface area contributed by atoms with Crippen molar-refractivity contribution < 1.29 is 0 Å². The lowest BCUT2D eigenvalue weighted by atomic mass is 10.1. The average molecular weight is 785 g/mol. The minimum atomic E-state index is 0.284. The molecule has 0 fully saturated rings. The maximum absolute atomic E-state index is 2.48. The van der Waals surface area contributed by atoms with E-state index in [1.54, 1.807) is 18.5 Å². The van der Waals surface area contributed by atoms with E-state index in [0.29, 0.717) is 0 Å². The monoisotopic (exact) mass is 785 g/mol. The van der Waals surface area contributed by atoms with Gasteiger partial charge in [-0.3, -0.25) is 0 Å². The number of hydrogen-bond acceptors (Lipinski definition) is 0. The minimum Gasteiger partial charge on any atom is -0.107 e. The zero-order valence-electron chi connectivity index (χ0n) is 38.7. The highest BCUT2D eigenvalue weighted by Gasteiger charge is 2.08. The lowest BCUT2D eigenvalue weighted by Gasteiger charge is -2.18. The van der Waals surface area contributed by atoms with Crippen molar-refractivity contribution in [2.24, 2.45) is 0 Å². The summed E-state index contributed by atoms with van der Waals surface area (Å²) in [5.41, 5.74) is 0. The average Bonchev–Trinajstić information content (AvgIpc) is 3.20. The molecule has 1 heteroatoms. The first-order valence-corrected chi connectivity index (χ1v) is 27.9. The van der Waals surface area contributed by atoms with Crippen LogP contribution in [0.5, 0.6) is 0 Å². The smallest absolute Gasteiger partial charge is 0.0326 e. The molecule has 0 unspecified atom stereocenters. The van der Waals surface area contributed by atoms with Crippen molar-refractivity contribution in [2.45, 2.75) is 290 Å². The third-order valence-corrected chi connectivity index (χ3v) is 14.8. The van der Waals surface area contributed by atoms with Gasteiger partial charge in [0, 0.05) is 0 Å². The van der Waals surface area contributed by atoms with E-state index in [0.717, 1.165) is 0 Å². The number of rotatable bonds is 48. The Hall–Kier alpha value is -0.350. The highest BCUT2D eigenvalue weighted by atomic mass is 31.1. The van der Waals surface area contributed by atoms with E-state index in [1.165, 1.54) is 270 Å². The van der Waals surface area contributed by atoms with Gasteiger partial charge in [0.05, 0.1) is 0 Å². The van der Waals surface area contributed by atoms with Gasteiger partial charge in [-0.2, -0.15) is 0 Å². The Balaban J connectivity index is 4.05. The lowest BCUT2D eigenvalue weighted by molar-refractivity contribution is 0.603. The molecule has 0 spiro atoms. The third kappa shape index (κ3) is 49.7. The predicted octanol–water partition coefficient (Wildman–Crippen LogP) is 20.6. The van der Waals surface area contributed by atoms with Gasteiger partial charge in [-0.05, 0) is 115 Å². The largest absolute Gasteiger partial charge is 0.107 e. The Labute approximate surface area is 352 Å². The lowest BCUT2D eigenvalue weighted by Crippen LogP contribution is -1.97. The molecule has 0 aromatic heterocycles. The second-order valence-corrected chi connectivity index (χ2v) is 20.3. The van der Waals surface area contributed by atoms with Crippen LogP contribution in [-0.4, -0.2) is 18.5 Å². The maximum Gasteiger partial charge on any atom is -0.0326 e. The Morgan fingerprint density at radius 1 is 0.200 bits per heavy atom. The second-order valence-electron chi connectivity index (χ2n) is 17.7. The molecular formula is C54H105P. The standard InChI is InChI=1S/C54H105P/c1-4-7-10-13-16-19-22-25-28-31-34-37-40-43-46-49-52-55(53-50-47-44-41-38-35-32-29-26-23-20-17-14-11-8-5-2)54-51-48-45-42-39-36-33-30-27-24-21-18-15-12-9-6-3/h25-30H,4-24,31-54H2,1-3H3. The van der Waals surface area contributed by atoms with E-state index < -0.39 is 0 Å². The zero-order valence-corrected chi connectivity index (χ0v) is 39.6. The van der Waals surface area contributed by atoms with Crippen molar-refractivity contribution >= 4 is 7.92 Å². The van der Waals surface area contributed by atoms with Crippen molar-refractivity contribution in [1.29, 1.82) is 0 Å². The fourth-order valence-corrected chi connectivity index (χ4v) is 10.8. The summed E-state index contributed by atoms with van der Waals surface area (Å²) < 4.78 is 0. The van der Waals surface area contributed by atoms with E-state index in [-0.39, 0.29) is 7.92 Å². The van der Waals surface area contributed by atoms with E-state index in [1.807, 2.05) is 0 Å². The fraction of sp³-hybridized carbons (Fsp3) is 0.889. The van der Waals surface area contributed by atoms with Gasteiger partial charge in [0.2, 0.25) is 0 Å². The molecule has 0 amide bonds. The van der Waals surface area contributed by atoms with Gasteiger partial charge in [-0.15, -0.1) is 7.92 Å². The minimum absolute atomic E-state index is 0.284. The van der Waals surface area contributed by atoms with Crippen LogP contribution in [0.15, 0.2) is 36.5 Å². The number of hydrogen-bond donors (Lipinski definition) is 0. The van der Waals surface area contributed by atoms with Crippen LogP contribution in [0, 0.1) is 0 Å². The summed E-state index contributed by atoms with van der Waals surface area (Å²) in [4.78, 5) is 0. The Morgan fingerprint density at radius 3 is 0.564 bits per heavy atom.